The van der Waals surface area contributed by atoms with Crippen LogP contribution >= 0.6 is 38.9 Å². The lowest BCUT2D eigenvalue weighted by molar-refractivity contribution is -0.140. The molecule has 3 nitrogen and oxygen atoms in total. The van der Waals surface area contributed by atoms with Crippen LogP contribution in [0.1, 0.15) is 23.3 Å². The van der Waals surface area contributed by atoms with Crippen LogP contribution in [-0.2, 0) is 21.5 Å². The maximum absolute atomic E-state index is 13.3. The van der Waals surface area contributed by atoms with Crippen LogP contribution in [0.5, 0.6) is 0 Å². The lowest BCUT2D eigenvalue weighted by atomic mass is 9.73. The molecule has 1 saturated heterocycles. The molecule has 2 heterocycles. The standard InChI is InChI=1S/C18H19BrClNO2S/c1-21(12-15-6-7-16(20)24-15)17(22)18(8-10-23-11-9-18)13-2-4-14(19)5-3-13/h2-7H,8-12H2,1H3. The second kappa shape index (κ2) is 7.56. The molecule has 1 aliphatic rings. The van der Waals surface area contributed by atoms with Crippen LogP contribution in [0.2, 0.25) is 4.34 Å². The third kappa shape index (κ3) is 3.69. The molecule has 1 fully saturated rings. The van der Waals surface area contributed by atoms with Crippen molar-refractivity contribution in [1.82, 2.24) is 4.90 Å². The van der Waals surface area contributed by atoms with E-state index in [1.807, 2.05) is 48.3 Å². The van der Waals surface area contributed by atoms with E-state index in [2.05, 4.69) is 15.9 Å². The van der Waals surface area contributed by atoms with Crippen LogP contribution in [0.15, 0.2) is 40.9 Å². The molecule has 0 radical (unpaired) electrons. The summed E-state index contributed by atoms with van der Waals surface area (Å²) in [6, 6.07) is 11.9. The van der Waals surface area contributed by atoms with Gasteiger partial charge in [-0.05, 0) is 42.7 Å². The largest absolute Gasteiger partial charge is 0.381 e. The summed E-state index contributed by atoms with van der Waals surface area (Å²) in [6.45, 7) is 1.80. The Morgan fingerprint density at radius 2 is 1.92 bits per heavy atom. The summed E-state index contributed by atoms with van der Waals surface area (Å²) in [4.78, 5) is 16.3. The zero-order chi connectivity index (χ0) is 17.2. The van der Waals surface area contributed by atoms with Gasteiger partial charge in [0.1, 0.15) is 0 Å². The number of hydrogen-bond donors (Lipinski definition) is 0. The van der Waals surface area contributed by atoms with E-state index in [1.165, 1.54) is 11.3 Å². The first-order valence-corrected chi connectivity index (χ1v) is 9.83. The van der Waals surface area contributed by atoms with Crippen LogP contribution in [-0.4, -0.2) is 31.1 Å². The number of hydrogen-bond acceptors (Lipinski definition) is 3. The first kappa shape index (κ1) is 17.9. The highest BCUT2D eigenvalue weighted by molar-refractivity contribution is 9.10. The summed E-state index contributed by atoms with van der Waals surface area (Å²) < 4.78 is 7.29. The zero-order valence-electron chi connectivity index (χ0n) is 13.4. The van der Waals surface area contributed by atoms with Gasteiger partial charge in [0.25, 0.3) is 0 Å². The van der Waals surface area contributed by atoms with E-state index < -0.39 is 5.41 Å². The molecule has 1 amide bonds. The van der Waals surface area contributed by atoms with Crippen LogP contribution in [0.3, 0.4) is 0 Å². The predicted octanol–water partition coefficient (Wildman–Crippen LogP) is 4.87. The van der Waals surface area contributed by atoms with E-state index in [4.69, 9.17) is 16.3 Å². The molecule has 0 saturated carbocycles. The van der Waals surface area contributed by atoms with Crippen LogP contribution in [0, 0.1) is 0 Å². The fourth-order valence-corrected chi connectivity index (χ4v) is 4.63. The van der Waals surface area contributed by atoms with E-state index in [-0.39, 0.29) is 5.91 Å². The van der Waals surface area contributed by atoms with Crippen molar-refractivity contribution in [3.05, 3.63) is 55.6 Å². The SMILES string of the molecule is CN(Cc1ccc(Cl)s1)C(=O)C1(c2ccc(Br)cc2)CCOCC1. The first-order valence-electron chi connectivity index (χ1n) is 7.85. The molecular formula is C18H19BrClNO2S. The molecule has 3 rings (SSSR count). The van der Waals surface area contributed by atoms with Gasteiger partial charge in [0, 0.05) is 29.6 Å². The molecule has 0 spiro atoms. The highest BCUT2D eigenvalue weighted by Gasteiger charge is 2.43. The number of halogens is 2. The Balaban J connectivity index is 1.87. The number of amides is 1. The van der Waals surface area contributed by atoms with Gasteiger partial charge in [0.15, 0.2) is 0 Å². The molecule has 1 aliphatic heterocycles. The Bertz CT molecular complexity index is 710. The van der Waals surface area contributed by atoms with Gasteiger partial charge in [-0.25, -0.2) is 0 Å². The van der Waals surface area contributed by atoms with Gasteiger partial charge < -0.3 is 9.64 Å². The summed E-state index contributed by atoms with van der Waals surface area (Å²) in [6.07, 6.45) is 1.42. The molecule has 0 atom stereocenters. The van der Waals surface area contributed by atoms with Crippen molar-refractivity contribution in [2.75, 3.05) is 20.3 Å². The normalized spacial score (nSPS) is 16.8. The Morgan fingerprint density at radius 1 is 1.25 bits per heavy atom. The van der Waals surface area contributed by atoms with E-state index in [9.17, 15) is 4.79 Å². The minimum Gasteiger partial charge on any atom is -0.381 e. The maximum Gasteiger partial charge on any atom is 0.233 e. The highest BCUT2D eigenvalue weighted by Crippen LogP contribution is 2.37. The maximum atomic E-state index is 13.3. The molecule has 1 aromatic heterocycles. The molecule has 24 heavy (non-hydrogen) atoms. The van der Waals surface area contributed by atoms with Crippen LogP contribution in [0.25, 0.3) is 0 Å². The van der Waals surface area contributed by atoms with Crippen molar-refractivity contribution in [3.63, 3.8) is 0 Å². The molecule has 0 N–H and O–H groups in total. The summed E-state index contributed by atoms with van der Waals surface area (Å²) in [5, 5.41) is 0. The predicted molar refractivity (Wildman–Crippen MR) is 102 cm³/mol. The zero-order valence-corrected chi connectivity index (χ0v) is 16.6. The first-order chi connectivity index (χ1) is 11.5. The third-order valence-electron chi connectivity index (χ3n) is 4.52. The number of thiophene rings is 1. The topological polar surface area (TPSA) is 29.5 Å². The van der Waals surface area contributed by atoms with E-state index in [0.29, 0.717) is 32.6 Å². The van der Waals surface area contributed by atoms with Crippen molar-refractivity contribution in [2.24, 2.45) is 0 Å². The van der Waals surface area contributed by atoms with Crippen molar-refractivity contribution in [1.29, 1.82) is 0 Å². The monoisotopic (exact) mass is 427 g/mol. The van der Waals surface area contributed by atoms with Gasteiger partial charge in [-0.2, -0.15) is 0 Å². The van der Waals surface area contributed by atoms with E-state index >= 15 is 0 Å². The molecule has 2 aromatic rings. The Morgan fingerprint density at radius 3 is 2.50 bits per heavy atom. The second-order valence-corrected chi connectivity index (χ2v) is 8.78. The molecular weight excluding hydrogens is 410 g/mol. The minimum atomic E-state index is -0.505. The van der Waals surface area contributed by atoms with Gasteiger partial charge in [-0.15, -0.1) is 11.3 Å². The van der Waals surface area contributed by atoms with Gasteiger partial charge >= 0.3 is 0 Å². The van der Waals surface area contributed by atoms with Gasteiger partial charge in [0.2, 0.25) is 5.91 Å². The Kier molecular flexibility index (Phi) is 5.65. The fraction of sp³-hybridized carbons (Fsp3) is 0.389. The Labute approximate surface area is 159 Å². The van der Waals surface area contributed by atoms with Crippen molar-refractivity contribution < 1.29 is 9.53 Å². The second-order valence-electron chi connectivity index (χ2n) is 6.07. The molecule has 128 valence electrons. The van der Waals surface area contributed by atoms with Gasteiger partial charge in [-0.1, -0.05) is 39.7 Å². The van der Waals surface area contributed by atoms with Crippen molar-refractivity contribution in [2.45, 2.75) is 24.8 Å². The highest BCUT2D eigenvalue weighted by atomic mass is 79.9. The summed E-state index contributed by atoms with van der Waals surface area (Å²) in [5.41, 5.74) is 0.560. The molecule has 0 bridgehead atoms. The Hall–Kier alpha value is -0.880. The number of likely N-dealkylation sites (N-methyl/N-ethyl adjacent to an activating group) is 1. The van der Waals surface area contributed by atoms with Gasteiger partial charge in [-0.3, -0.25) is 4.79 Å². The lowest BCUT2D eigenvalue weighted by Gasteiger charge is -2.39. The fourth-order valence-electron chi connectivity index (χ4n) is 3.22. The number of ether oxygens (including phenoxy) is 1. The summed E-state index contributed by atoms with van der Waals surface area (Å²) in [7, 11) is 1.87. The quantitative estimate of drug-likeness (QED) is 0.695. The van der Waals surface area contributed by atoms with Crippen molar-refractivity contribution >= 4 is 44.8 Å². The van der Waals surface area contributed by atoms with Gasteiger partial charge in [0.05, 0.1) is 16.3 Å². The number of carbonyl (C=O) groups excluding carboxylic acids is 1. The summed E-state index contributed by atoms with van der Waals surface area (Å²) >= 11 is 11.0. The van der Waals surface area contributed by atoms with E-state index in [0.717, 1.165) is 19.2 Å². The summed E-state index contributed by atoms with van der Waals surface area (Å²) in [5.74, 6) is 0.151. The molecule has 0 aliphatic carbocycles. The lowest BCUT2D eigenvalue weighted by Crippen LogP contribution is -2.48. The average Bonchev–Trinajstić information content (AvgIpc) is 3.00. The van der Waals surface area contributed by atoms with E-state index in [1.54, 1.807) is 0 Å². The van der Waals surface area contributed by atoms with Crippen LogP contribution < -0.4 is 0 Å². The molecule has 1 aromatic carbocycles. The number of carbonyl (C=O) groups is 1. The number of rotatable bonds is 4. The van der Waals surface area contributed by atoms with Crippen molar-refractivity contribution in [3.8, 4) is 0 Å². The molecule has 6 heteroatoms. The number of nitrogens with zero attached hydrogens (tertiary/aromatic N) is 1. The smallest absolute Gasteiger partial charge is 0.233 e. The third-order valence-corrected chi connectivity index (χ3v) is 6.27. The van der Waals surface area contributed by atoms with Crippen LogP contribution in [0.4, 0.5) is 0 Å². The number of benzene rings is 1. The minimum absolute atomic E-state index is 0.151. The average molecular weight is 429 g/mol. The molecule has 0 unspecified atom stereocenters.